The second-order valence-corrected chi connectivity index (χ2v) is 4.02. The zero-order chi connectivity index (χ0) is 10.7. The highest BCUT2D eigenvalue weighted by atomic mass is 35.5. The van der Waals surface area contributed by atoms with Gasteiger partial charge >= 0.3 is 0 Å². The summed E-state index contributed by atoms with van der Waals surface area (Å²) < 4.78 is 0. The van der Waals surface area contributed by atoms with Crippen LogP contribution in [0.15, 0.2) is 24.3 Å². The normalized spacial score (nSPS) is 10.8. The summed E-state index contributed by atoms with van der Waals surface area (Å²) in [6.07, 6.45) is 0.987. The number of anilines is 1. The lowest BCUT2D eigenvalue weighted by molar-refractivity contribution is 0.986. The molecule has 2 N–H and O–H groups in total. The molecule has 2 aromatic rings. The molecule has 1 aromatic carbocycles. The monoisotopic (exact) mass is 222 g/mol. The summed E-state index contributed by atoms with van der Waals surface area (Å²) in [4.78, 5) is 3.36. The zero-order valence-corrected chi connectivity index (χ0v) is 9.56. The molecule has 80 valence electrons. The molecule has 0 aliphatic carbocycles. The maximum atomic E-state index is 5.65. The van der Waals surface area contributed by atoms with Crippen molar-refractivity contribution < 1.29 is 0 Å². The van der Waals surface area contributed by atoms with E-state index in [-0.39, 0.29) is 0 Å². The Bertz CT molecular complexity index is 448. The molecule has 0 fully saturated rings. The summed E-state index contributed by atoms with van der Waals surface area (Å²) in [6.45, 7) is 3.01. The van der Waals surface area contributed by atoms with Crippen molar-refractivity contribution in [2.75, 3.05) is 17.7 Å². The van der Waals surface area contributed by atoms with E-state index in [0.717, 1.165) is 13.0 Å². The number of hydrogen-bond acceptors (Lipinski definition) is 1. The summed E-state index contributed by atoms with van der Waals surface area (Å²) in [5, 5.41) is 4.68. The number of nitrogens with one attached hydrogen (secondary N) is 2. The fraction of sp³-hybridized carbons (Fsp3) is 0.333. The van der Waals surface area contributed by atoms with Crippen molar-refractivity contribution in [2.24, 2.45) is 0 Å². The van der Waals surface area contributed by atoms with Crippen molar-refractivity contribution in [3.63, 3.8) is 0 Å². The number of aromatic amines is 1. The van der Waals surface area contributed by atoms with Gasteiger partial charge in [-0.15, -0.1) is 11.6 Å². The molecule has 0 saturated carbocycles. The van der Waals surface area contributed by atoms with Crippen LogP contribution < -0.4 is 5.32 Å². The van der Waals surface area contributed by atoms with Crippen LogP contribution in [0, 0.1) is 6.92 Å². The molecule has 15 heavy (non-hydrogen) atoms. The maximum absolute atomic E-state index is 5.65. The van der Waals surface area contributed by atoms with Crippen molar-refractivity contribution in [2.45, 2.75) is 13.3 Å². The van der Waals surface area contributed by atoms with Crippen molar-refractivity contribution in [1.82, 2.24) is 4.98 Å². The fourth-order valence-corrected chi connectivity index (χ4v) is 1.92. The number of fused-ring (bicyclic) bond motifs is 1. The van der Waals surface area contributed by atoms with Crippen LogP contribution in [0.1, 0.15) is 12.1 Å². The lowest BCUT2D eigenvalue weighted by Gasteiger charge is -2.04. The third kappa shape index (κ3) is 2.10. The summed E-state index contributed by atoms with van der Waals surface area (Å²) in [6, 6.07) is 8.32. The SMILES string of the molecule is Cc1[nH]c2ccccc2c1NCCCCl. The van der Waals surface area contributed by atoms with Crippen LogP contribution in [-0.4, -0.2) is 17.4 Å². The molecule has 2 rings (SSSR count). The van der Waals surface area contributed by atoms with Crippen LogP contribution in [0.5, 0.6) is 0 Å². The summed E-state index contributed by atoms with van der Waals surface area (Å²) in [5.41, 5.74) is 3.57. The smallest absolute Gasteiger partial charge is 0.0628 e. The van der Waals surface area contributed by atoms with E-state index in [1.165, 1.54) is 22.3 Å². The van der Waals surface area contributed by atoms with Gasteiger partial charge in [-0.1, -0.05) is 18.2 Å². The number of aromatic nitrogens is 1. The third-order valence-corrected chi connectivity index (χ3v) is 2.77. The number of H-pyrrole nitrogens is 1. The van der Waals surface area contributed by atoms with E-state index in [4.69, 9.17) is 11.6 Å². The first-order valence-corrected chi connectivity index (χ1v) is 5.73. The van der Waals surface area contributed by atoms with Gasteiger partial charge in [0, 0.05) is 29.0 Å². The van der Waals surface area contributed by atoms with Crippen molar-refractivity contribution in [3.8, 4) is 0 Å². The summed E-state index contributed by atoms with van der Waals surface area (Å²) in [7, 11) is 0. The Kier molecular flexibility index (Phi) is 3.17. The predicted molar refractivity (Wildman–Crippen MR) is 66.9 cm³/mol. The van der Waals surface area contributed by atoms with Crippen LogP contribution in [-0.2, 0) is 0 Å². The molecule has 0 aliphatic rings. The molecule has 0 saturated heterocycles. The number of halogens is 1. The number of para-hydroxylation sites is 1. The summed E-state index contributed by atoms with van der Waals surface area (Å²) in [5.74, 6) is 0.703. The van der Waals surface area contributed by atoms with Gasteiger partial charge in [-0.2, -0.15) is 0 Å². The minimum absolute atomic E-state index is 0.703. The van der Waals surface area contributed by atoms with Gasteiger partial charge in [0.2, 0.25) is 0 Å². The van der Waals surface area contributed by atoms with Crippen LogP contribution in [0.25, 0.3) is 10.9 Å². The van der Waals surface area contributed by atoms with Crippen LogP contribution in [0.2, 0.25) is 0 Å². The van der Waals surface area contributed by atoms with Crippen LogP contribution >= 0.6 is 11.6 Å². The maximum Gasteiger partial charge on any atom is 0.0628 e. The van der Waals surface area contributed by atoms with Gasteiger partial charge in [-0.25, -0.2) is 0 Å². The second kappa shape index (κ2) is 4.58. The molecule has 0 bridgehead atoms. The Balaban J connectivity index is 2.28. The summed E-state index contributed by atoms with van der Waals surface area (Å²) >= 11 is 5.65. The van der Waals surface area contributed by atoms with Crippen LogP contribution in [0.3, 0.4) is 0 Å². The minimum atomic E-state index is 0.703. The van der Waals surface area contributed by atoms with Crippen LogP contribution in [0.4, 0.5) is 5.69 Å². The number of aryl methyl sites for hydroxylation is 1. The number of hydrogen-bond donors (Lipinski definition) is 2. The number of rotatable bonds is 4. The zero-order valence-electron chi connectivity index (χ0n) is 8.81. The first-order valence-electron chi connectivity index (χ1n) is 5.20. The molecule has 1 aromatic heterocycles. The quantitative estimate of drug-likeness (QED) is 0.601. The fourth-order valence-electron chi connectivity index (χ4n) is 1.78. The van der Waals surface area contributed by atoms with E-state index in [2.05, 4.69) is 35.4 Å². The number of benzene rings is 1. The Labute approximate surface area is 94.6 Å². The Morgan fingerprint density at radius 1 is 1.33 bits per heavy atom. The van der Waals surface area contributed by atoms with E-state index in [1.54, 1.807) is 0 Å². The average Bonchev–Trinajstić information content (AvgIpc) is 2.56. The lowest BCUT2D eigenvalue weighted by Crippen LogP contribution is -2.02. The van der Waals surface area contributed by atoms with Crippen molar-refractivity contribution >= 4 is 28.2 Å². The standard InChI is InChI=1S/C12H15ClN2/c1-9-12(14-8-4-7-13)10-5-2-3-6-11(10)15-9/h2-3,5-6,14-15H,4,7-8H2,1H3. The van der Waals surface area contributed by atoms with Crippen molar-refractivity contribution in [1.29, 1.82) is 0 Å². The Morgan fingerprint density at radius 2 is 2.13 bits per heavy atom. The first-order chi connectivity index (χ1) is 7.33. The highest BCUT2D eigenvalue weighted by molar-refractivity contribution is 6.17. The molecule has 0 atom stereocenters. The van der Waals surface area contributed by atoms with Gasteiger partial charge in [0.1, 0.15) is 0 Å². The molecule has 3 heteroatoms. The first kappa shape index (κ1) is 10.4. The minimum Gasteiger partial charge on any atom is -0.383 e. The highest BCUT2D eigenvalue weighted by Crippen LogP contribution is 2.26. The van der Waals surface area contributed by atoms with E-state index in [0.29, 0.717) is 5.88 Å². The van der Waals surface area contributed by atoms with Gasteiger partial charge in [0.15, 0.2) is 0 Å². The van der Waals surface area contributed by atoms with E-state index in [1.807, 2.05) is 6.07 Å². The Morgan fingerprint density at radius 3 is 2.93 bits per heavy atom. The third-order valence-electron chi connectivity index (χ3n) is 2.51. The molecular formula is C12H15ClN2. The lowest BCUT2D eigenvalue weighted by atomic mass is 10.2. The topological polar surface area (TPSA) is 27.8 Å². The molecular weight excluding hydrogens is 208 g/mol. The largest absolute Gasteiger partial charge is 0.383 e. The molecule has 1 heterocycles. The molecule has 0 spiro atoms. The van der Waals surface area contributed by atoms with E-state index < -0.39 is 0 Å². The van der Waals surface area contributed by atoms with E-state index >= 15 is 0 Å². The van der Waals surface area contributed by atoms with Gasteiger partial charge in [0.05, 0.1) is 5.69 Å². The van der Waals surface area contributed by atoms with Gasteiger partial charge < -0.3 is 10.3 Å². The highest BCUT2D eigenvalue weighted by Gasteiger charge is 2.05. The molecule has 0 radical (unpaired) electrons. The molecule has 2 nitrogen and oxygen atoms in total. The molecule has 0 unspecified atom stereocenters. The van der Waals surface area contributed by atoms with Gasteiger partial charge in [-0.05, 0) is 19.4 Å². The van der Waals surface area contributed by atoms with Gasteiger partial charge in [0.25, 0.3) is 0 Å². The Hall–Kier alpha value is -1.15. The predicted octanol–water partition coefficient (Wildman–Crippen LogP) is 3.52. The average molecular weight is 223 g/mol. The number of alkyl halides is 1. The molecule has 0 aliphatic heterocycles. The van der Waals surface area contributed by atoms with Gasteiger partial charge in [-0.3, -0.25) is 0 Å². The van der Waals surface area contributed by atoms with Crippen molar-refractivity contribution in [3.05, 3.63) is 30.0 Å². The second-order valence-electron chi connectivity index (χ2n) is 3.64. The van der Waals surface area contributed by atoms with E-state index in [9.17, 15) is 0 Å². The molecule has 0 amide bonds.